The predicted molar refractivity (Wildman–Crippen MR) is 63.9 cm³/mol. The minimum atomic E-state index is -0.652. The maximum Gasteiger partial charge on any atom is 0.123 e. The number of ether oxygens (including phenoxy) is 3. The number of hydrogen-bond donors (Lipinski definition) is 1. The molecule has 1 aliphatic heterocycles. The van der Waals surface area contributed by atoms with Gasteiger partial charge in [-0.05, 0) is 12.1 Å². The first kappa shape index (κ1) is 12.5. The van der Waals surface area contributed by atoms with Gasteiger partial charge in [-0.2, -0.15) is 0 Å². The Balaban J connectivity index is 1.82. The van der Waals surface area contributed by atoms with Crippen LogP contribution in [0.25, 0.3) is 0 Å². The van der Waals surface area contributed by atoms with Crippen molar-refractivity contribution in [2.75, 3.05) is 25.7 Å². The molecule has 1 aromatic rings. The third kappa shape index (κ3) is 4.42. The molecule has 5 heteroatoms. The SMILES string of the molecule is OC(CCl)COc1cccc(OCC2CO2)c1. The van der Waals surface area contributed by atoms with Gasteiger partial charge in [-0.15, -0.1) is 11.6 Å². The summed E-state index contributed by atoms with van der Waals surface area (Å²) in [6.07, 6.45) is -0.418. The Kier molecular flexibility index (Phi) is 4.48. The topological polar surface area (TPSA) is 51.2 Å². The number of alkyl halides is 1. The van der Waals surface area contributed by atoms with Gasteiger partial charge in [0.1, 0.15) is 36.9 Å². The molecule has 94 valence electrons. The molecule has 1 saturated heterocycles. The number of aliphatic hydroxyl groups is 1. The van der Waals surface area contributed by atoms with Crippen molar-refractivity contribution in [3.8, 4) is 11.5 Å². The molecule has 2 atom stereocenters. The summed E-state index contributed by atoms with van der Waals surface area (Å²) in [5, 5.41) is 9.27. The van der Waals surface area contributed by atoms with Gasteiger partial charge in [0, 0.05) is 6.07 Å². The lowest BCUT2D eigenvalue weighted by Crippen LogP contribution is -2.18. The fraction of sp³-hybridized carbons (Fsp3) is 0.500. The molecule has 0 radical (unpaired) electrons. The smallest absolute Gasteiger partial charge is 0.123 e. The minimum Gasteiger partial charge on any atom is -0.491 e. The molecule has 2 unspecified atom stereocenters. The van der Waals surface area contributed by atoms with Crippen LogP contribution in [0.3, 0.4) is 0 Å². The standard InChI is InChI=1S/C12H15ClO4/c13-5-9(14)6-15-10-2-1-3-11(4-10)16-7-12-8-17-12/h1-4,9,12,14H,5-8H2. The number of rotatable bonds is 7. The van der Waals surface area contributed by atoms with Gasteiger partial charge in [0.2, 0.25) is 0 Å². The molecular formula is C12H15ClO4. The second-order valence-corrected chi connectivity index (χ2v) is 4.17. The number of epoxide rings is 1. The molecule has 1 aliphatic rings. The number of aliphatic hydroxyl groups excluding tert-OH is 1. The highest BCUT2D eigenvalue weighted by Crippen LogP contribution is 2.21. The molecular weight excluding hydrogens is 244 g/mol. The average Bonchev–Trinajstić information content (AvgIpc) is 3.18. The van der Waals surface area contributed by atoms with Crippen LogP contribution < -0.4 is 9.47 Å². The molecule has 0 aliphatic carbocycles. The molecule has 0 spiro atoms. The van der Waals surface area contributed by atoms with Gasteiger partial charge < -0.3 is 19.3 Å². The molecule has 0 amide bonds. The molecule has 0 saturated carbocycles. The Morgan fingerprint density at radius 1 is 1.41 bits per heavy atom. The van der Waals surface area contributed by atoms with Gasteiger partial charge in [0.15, 0.2) is 0 Å². The van der Waals surface area contributed by atoms with Crippen molar-refractivity contribution < 1.29 is 19.3 Å². The van der Waals surface area contributed by atoms with Crippen LogP contribution in [0.15, 0.2) is 24.3 Å². The van der Waals surface area contributed by atoms with Crippen LogP contribution in [0.2, 0.25) is 0 Å². The molecule has 0 aromatic heterocycles. The molecule has 1 aromatic carbocycles. The van der Waals surface area contributed by atoms with E-state index in [4.69, 9.17) is 25.8 Å². The minimum absolute atomic E-state index is 0.162. The van der Waals surface area contributed by atoms with Crippen molar-refractivity contribution in [3.05, 3.63) is 24.3 Å². The highest BCUT2D eigenvalue weighted by molar-refractivity contribution is 6.18. The monoisotopic (exact) mass is 258 g/mol. The van der Waals surface area contributed by atoms with Crippen LogP contribution in [0, 0.1) is 0 Å². The Morgan fingerprint density at radius 3 is 2.76 bits per heavy atom. The van der Waals surface area contributed by atoms with E-state index < -0.39 is 6.10 Å². The molecule has 1 heterocycles. The summed E-state index contributed by atoms with van der Waals surface area (Å²) in [5.41, 5.74) is 0. The summed E-state index contributed by atoms with van der Waals surface area (Å²) < 4.78 is 15.9. The Labute approximate surface area is 105 Å². The third-order valence-electron chi connectivity index (χ3n) is 2.26. The predicted octanol–water partition coefficient (Wildman–Crippen LogP) is 1.44. The zero-order chi connectivity index (χ0) is 12.1. The van der Waals surface area contributed by atoms with E-state index in [-0.39, 0.29) is 18.6 Å². The van der Waals surface area contributed by atoms with Crippen molar-refractivity contribution in [1.29, 1.82) is 0 Å². The number of halogens is 1. The van der Waals surface area contributed by atoms with E-state index in [0.29, 0.717) is 12.4 Å². The van der Waals surface area contributed by atoms with Gasteiger partial charge in [0.25, 0.3) is 0 Å². The van der Waals surface area contributed by atoms with Gasteiger partial charge in [-0.3, -0.25) is 0 Å². The highest BCUT2D eigenvalue weighted by Gasteiger charge is 2.23. The van der Waals surface area contributed by atoms with Crippen molar-refractivity contribution in [3.63, 3.8) is 0 Å². The lowest BCUT2D eigenvalue weighted by Gasteiger charge is -2.11. The highest BCUT2D eigenvalue weighted by atomic mass is 35.5. The maximum atomic E-state index is 9.27. The molecule has 4 nitrogen and oxygen atoms in total. The summed E-state index contributed by atoms with van der Waals surface area (Å²) >= 11 is 5.47. The van der Waals surface area contributed by atoms with Gasteiger partial charge >= 0.3 is 0 Å². The fourth-order valence-corrected chi connectivity index (χ4v) is 1.33. The molecule has 17 heavy (non-hydrogen) atoms. The van der Waals surface area contributed by atoms with E-state index in [1.165, 1.54) is 0 Å². The zero-order valence-corrected chi connectivity index (χ0v) is 10.1. The fourth-order valence-electron chi connectivity index (χ4n) is 1.24. The van der Waals surface area contributed by atoms with E-state index in [0.717, 1.165) is 12.4 Å². The van der Waals surface area contributed by atoms with E-state index >= 15 is 0 Å². The summed E-state index contributed by atoms with van der Waals surface area (Å²) in [6, 6.07) is 7.28. The van der Waals surface area contributed by atoms with Gasteiger partial charge in [0.05, 0.1) is 12.5 Å². The van der Waals surface area contributed by atoms with Crippen molar-refractivity contribution in [1.82, 2.24) is 0 Å². The summed E-state index contributed by atoms with van der Waals surface area (Å²) in [6.45, 7) is 1.52. The van der Waals surface area contributed by atoms with Crippen LogP contribution >= 0.6 is 11.6 Å². The number of hydrogen-bond acceptors (Lipinski definition) is 4. The Hall–Kier alpha value is -0.970. The van der Waals surface area contributed by atoms with Crippen LogP contribution in [-0.4, -0.2) is 43.0 Å². The normalized spacial score (nSPS) is 19.8. The quantitative estimate of drug-likeness (QED) is 0.594. The Morgan fingerprint density at radius 2 is 2.12 bits per heavy atom. The lowest BCUT2D eigenvalue weighted by atomic mass is 10.3. The van der Waals surface area contributed by atoms with E-state index in [1.807, 2.05) is 12.1 Å². The number of benzene rings is 1. The van der Waals surface area contributed by atoms with Crippen molar-refractivity contribution in [2.45, 2.75) is 12.2 Å². The first-order chi connectivity index (χ1) is 8.28. The summed E-state index contributed by atoms with van der Waals surface area (Å²) in [7, 11) is 0. The summed E-state index contributed by atoms with van der Waals surface area (Å²) in [5.74, 6) is 1.55. The van der Waals surface area contributed by atoms with E-state index in [1.54, 1.807) is 12.1 Å². The van der Waals surface area contributed by atoms with Crippen molar-refractivity contribution >= 4 is 11.6 Å². The molecule has 0 bridgehead atoms. The van der Waals surface area contributed by atoms with Crippen LogP contribution in [0.5, 0.6) is 11.5 Å². The van der Waals surface area contributed by atoms with Crippen LogP contribution in [0.4, 0.5) is 0 Å². The van der Waals surface area contributed by atoms with E-state index in [9.17, 15) is 5.11 Å². The largest absolute Gasteiger partial charge is 0.491 e. The first-order valence-electron chi connectivity index (χ1n) is 5.49. The second-order valence-electron chi connectivity index (χ2n) is 3.86. The van der Waals surface area contributed by atoms with Gasteiger partial charge in [-0.1, -0.05) is 6.07 Å². The Bertz CT molecular complexity index is 354. The molecule has 1 N–H and O–H groups in total. The van der Waals surface area contributed by atoms with Gasteiger partial charge in [-0.25, -0.2) is 0 Å². The maximum absolute atomic E-state index is 9.27. The summed E-state index contributed by atoms with van der Waals surface area (Å²) in [4.78, 5) is 0. The van der Waals surface area contributed by atoms with E-state index in [2.05, 4.69) is 0 Å². The second kappa shape index (κ2) is 6.10. The average molecular weight is 259 g/mol. The van der Waals surface area contributed by atoms with Crippen LogP contribution in [0.1, 0.15) is 0 Å². The zero-order valence-electron chi connectivity index (χ0n) is 9.34. The van der Waals surface area contributed by atoms with Crippen molar-refractivity contribution in [2.24, 2.45) is 0 Å². The molecule has 1 fully saturated rings. The third-order valence-corrected chi connectivity index (χ3v) is 2.62. The first-order valence-corrected chi connectivity index (χ1v) is 6.02. The molecule has 2 rings (SSSR count). The van der Waals surface area contributed by atoms with Crippen LogP contribution in [-0.2, 0) is 4.74 Å². The lowest BCUT2D eigenvalue weighted by molar-refractivity contribution is 0.125.